The van der Waals surface area contributed by atoms with Crippen LogP contribution >= 0.6 is 11.6 Å². The van der Waals surface area contributed by atoms with Gasteiger partial charge in [0.15, 0.2) is 5.69 Å². The Balaban J connectivity index is 1.50. The smallest absolute Gasteiger partial charge is 0.359 e. The molecule has 2 atom stereocenters. The summed E-state index contributed by atoms with van der Waals surface area (Å²) >= 11 is 6.33. The van der Waals surface area contributed by atoms with Gasteiger partial charge >= 0.3 is 12.0 Å². The summed E-state index contributed by atoms with van der Waals surface area (Å²) in [5, 5.41) is 0.553. The van der Waals surface area contributed by atoms with E-state index in [2.05, 4.69) is 16.9 Å². The number of aromatic nitrogens is 2. The third-order valence-electron chi connectivity index (χ3n) is 6.84. The van der Waals surface area contributed by atoms with Crippen molar-refractivity contribution in [3.63, 3.8) is 0 Å². The summed E-state index contributed by atoms with van der Waals surface area (Å²) in [5.74, 6) is -0.491. The molecule has 3 aliphatic rings. The van der Waals surface area contributed by atoms with Crippen LogP contribution in [-0.4, -0.2) is 69.2 Å². The van der Waals surface area contributed by atoms with Crippen LogP contribution < -0.4 is 4.90 Å². The number of rotatable bonds is 1. The zero-order valence-corrected chi connectivity index (χ0v) is 20.3. The van der Waals surface area contributed by atoms with Crippen molar-refractivity contribution >= 4 is 29.3 Å². The standard InChI is InChI=1S/C24H30ClN5O3/c1-24(2,3)33-22(31)21-20-13-29(19-10-15(25)8-9-18(19)30(20)14-26-21)23(32)28-11-16-6-5-7-17(12-28)27(16)4/h8-10,14,16-17H,5-7,11-13H2,1-4H3/t16-,17+. The minimum Gasteiger partial charge on any atom is -0.455 e. The van der Waals surface area contributed by atoms with Crippen molar-refractivity contribution in [1.82, 2.24) is 19.4 Å². The predicted octanol–water partition coefficient (Wildman–Crippen LogP) is 4.09. The van der Waals surface area contributed by atoms with E-state index in [1.807, 2.05) is 42.4 Å². The minimum atomic E-state index is -0.638. The lowest BCUT2D eigenvalue weighted by Crippen LogP contribution is -2.62. The Morgan fingerprint density at radius 2 is 1.82 bits per heavy atom. The molecule has 5 rings (SSSR count). The fourth-order valence-corrected chi connectivity index (χ4v) is 5.36. The Morgan fingerprint density at radius 3 is 2.48 bits per heavy atom. The van der Waals surface area contributed by atoms with E-state index < -0.39 is 11.6 Å². The zero-order valence-electron chi connectivity index (χ0n) is 19.5. The second-order valence-corrected chi connectivity index (χ2v) is 10.7. The number of imidazole rings is 1. The molecule has 4 heterocycles. The van der Waals surface area contributed by atoms with Gasteiger partial charge in [-0.3, -0.25) is 14.4 Å². The Labute approximate surface area is 199 Å². The summed E-state index contributed by atoms with van der Waals surface area (Å²) in [5.41, 5.74) is 1.73. The molecule has 0 aliphatic carbocycles. The molecule has 0 radical (unpaired) electrons. The highest BCUT2D eigenvalue weighted by atomic mass is 35.5. The van der Waals surface area contributed by atoms with Crippen molar-refractivity contribution in [2.45, 2.75) is 64.3 Å². The molecule has 9 heteroatoms. The molecule has 1 aromatic carbocycles. The number of amides is 2. The first kappa shape index (κ1) is 22.2. The number of carbonyl (C=O) groups excluding carboxylic acids is 2. The number of hydrogen-bond acceptors (Lipinski definition) is 5. The monoisotopic (exact) mass is 471 g/mol. The predicted molar refractivity (Wildman–Crippen MR) is 126 cm³/mol. The van der Waals surface area contributed by atoms with Crippen LogP contribution in [0.25, 0.3) is 5.69 Å². The molecule has 33 heavy (non-hydrogen) atoms. The summed E-state index contributed by atoms with van der Waals surface area (Å²) in [4.78, 5) is 37.2. The van der Waals surface area contributed by atoms with Crippen LogP contribution in [0.1, 0.15) is 56.2 Å². The molecule has 2 amide bonds. The molecule has 0 unspecified atom stereocenters. The van der Waals surface area contributed by atoms with Gasteiger partial charge in [0.2, 0.25) is 0 Å². The minimum absolute atomic E-state index is 0.0638. The lowest BCUT2D eigenvalue weighted by Gasteiger charge is -2.49. The first-order chi connectivity index (χ1) is 15.6. The number of likely N-dealkylation sites (N-methyl/N-ethyl adjacent to an activating group) is 1. The van der Waals surface area contributed by atoms with Crippen molar-refractivity contribution < 1.29 is 14.3 Å². The van der Waals surface area contributed by atoms with Gasteiger partial charge in [-0.1, -0.05) is 18.0 Å². The fraction of sp³-hybridized carbons (Fsp3) is 0.542. The highest BCUT2D eigenvalue weighted by Crippen LogP contribution is 2.37. The second-order valence-electron chi connectivity index (χ2n) is 10.2. The summed E-state index contributed by atoms with van der Waals surface area (Å²) in [6, 6.07) is 6.15. The maximum atomic E-state index is 13.9. The molecule has 2 bridgehead atoms. The van der Waals surface area contributed by atoms with Gasteiger partial charge in [-0.25, -0.2) is 14.6 Å². The molecule has 8 nitrogen and oxygen atoms in total. The molecule has 0 saturated carbocycles. The highest BCUT2D eigenvalue weighted by molar-refractivity contribution is 6.31. The third-order valence-corrected chi connectivity index (χ3v) is 7.08. The van der Waals surface area contributed by atoms with E-state index in [9.17, 15) is 9.59 Å². The van der Waals surface area contributed by atoms with Crippen LogP contribution in [0.15, 0.2) is 24.5 Å². The van der Waals surface area contributed by atoms with Gasteiger partial charge in [-0.15, -0.1) is 0 Å². The lowest BCUT2D eigenvalue weighted by atomic mass is 9.92. The Kier molecular flexibility index (Phi) is 5.40. The van der Waals surface area contributed by atoms with E-state index >= 15 is 0 Å². The summed E-state index contributed by atoms with van der Waals surface area (Å²) in [6.45, 7) is 7.11. The Hall–Kier alpha value is -2.58. The Morgan fingerprint density at radius 1 is 1.12 bits per heavy atom. The normalized spacial score (nSPS) is 22.6. The first-order valence-corrected chi connectivity index (χ1v) is 11.9. The van der Waals surface area contributed by atoms with Gasteiger partial charge in [0, 0.05) is 30.2 Å². The van der Waals surface area contributed by atoms with Crippen LogP contribution in [0.4, 0.5) is 10.5 Å². The van der Waals surface area contributed by atoms with Gasteiger partial charge < -0.3 is 9.64 Å². The molecule has 1 aromatic heterocycles. The number of piperazine rings is 1. The number of nitrogens with zero attached hydrogens (tertiary/aromatic N) is 5. The van der Waals surface area contributed by atoms with Gasteiger partial charge in [-0.2, -0.15) is 0 Å². The van der Waals surface area contributed by atoms with E-state index in [0.717, 1.165) is 24.2 Å². The molecular weight excluding hydrogens is 442 g/mol. The molecule has 3 aliphatic heterocycles. The van der Waals surface area contributed by atoms with Crippen LogP contribution in [0.3, 0.4) is 0 Å². The third kappa shape index (κ3) is 3.99. The number of halogens is 1. The maximum absolute atomic E-state index is 13.9. The van der Waals surface area contributed by atoms with Crippen LogP contribution in [0.5, 0.6) is 0 Å². The van der Waals surface area contributed by atoms with Crippen molar-refractivity contribution in [2.75, 3.05) is 25.0 Å². The number of fused-ring (bicyclic) bond motifs is 5. The maximum Gasteiger partial charge on any atom is 0.359 e. The molecule has 0 spiro atoms. The first-order valence-electron chi connectivity index (χ1n) is 11.5. The van der Waals surface area contributed by atoms with E-state index in [4.69, 9.17) is 16.3 Å². The van der Waals surface area contributed by atoms with Gasteiger partial charge in [0.1, 0.15) is 11.9 Å². The van der Waals surface area contributed by atoms with Gasteiger partial charge in [0.05, 0.1) is 23.6 Å². The number of piperidine rings is 1. The summed E-state index contributed by atoms with van der Waals surface area (Å²) in [6.07, 6.45) is 5.04. The summed E-state index contributed by atoms with van der Waals surface area (Å²) < 4.78 is 7.43. The van der Waals surface area contributed by atoms with E-state index in [1.165, 1.54) is 6.42 Å². The second kappa shape index (κ2) is 8.02. The Bertz CT molecular complexity index is 1090. The van der Waals surface area contributed by atoms with E-state index in [-0.39, 0.29) is 18.3 Å². The van der Waals surface area contributed by atoms with Crippen molar-refractivity contribution in [2.24, 2.45) is 0 Å². The zero-order chi connectivity index (χ0) is 23.5. The SMILES string of the molecule is CN1[C@@H]2CCC[C@H]1CN(C(=O)N1Cc3c(C(=O)OC(C)(C)C)ncn3-c3ccc(Cl)cc31)C2. The molecule has 0 N–H and O–H groups in total. The molecular formula is C24H30ClN5O3. The topological polar surface area (TPSA) is 70.9 Å². The van der Waals surface area contributed by atoms with Crippen LogP contribution in [-0.2, 0) is 11.3 Å². The molecule has 2 aromatic rings. The lowest BCUT2D eigenvalue weighted by molar-refractivity contribution is 0.00618. The highest BCUT2D eigenvalue weighted by Gasteiger charge is 2.40. The number of anilines is 1. The number of likely N-dealkylation sites (tertiary alicyclic amines) is 1. The summed E-state index contributed by atoms with van der Waals surface area (Å²) in [7, 11) is 2.16. The van der Waals surface area contributed by atoms with Crippen molar-refractivity contribution in [1.29, 1.82) is 0 Å². The molecule has 2 fully saturated rings. The average molecular weight is 472 g/mol. The molecule has 2 saturated heterocycles. The van der Waals surface area contributed by atoms with Gasteiger partial charge in [0.25, 0.3) is 0 Å². The van der Waals surface area contributed by atoms with Crippen molar-refractivity contribution in [3.8, 4) is 5.69 Å². The number of ether oxygens (including phenoxy) is 1. The average Bonchev–Trinajstić information content (AvgIpc) is 3.15. The van der Waals surface area contributed by atoms with Gasteiger partial charge in [-0.05, 0) is 58.9 Å². The quantitative estimate of drug-likeness (QED) is 0.586. The number of carbonyl (C=O) groups is 2. The number of benzene rings is 1. The fourth-order valence-electron chi connectivity index (χ4n) is 5.20. The number of esters is 1. The number of urea groups is 1. The van der Waals surface area contributed by atoms with Crippen molar-refractivity contribution in [3.05, 3.63) is 40.9 Å². The molecule has 176 valence electrons. The van der Waals surface area contributed by atoms with E-state index in [1.54, 1.807) is 17.3 Å². The van der Waals surface area contributed by atoms with Crippen LogP contribution in [0, 0.1) is 0 Å². The van der Waals surface area contributed by atoms with E-state index in [0.29, 0.717) is 35.9 Å². The number of hydrogen-bond donors (Lipinski definition) is 0. The largest absolute Gasteiger partial charge is 0.455 e. The van der Waals surface area contributed by atoms with Crippen LogP contribution in [0.2, 0.25) is 5.02 Å².